The average molecular weight is 319 g/mol. The summed E-state index contributed by atoms with van der Waals surface area (Å²) >= 11 is 1.17. The first-order valence-electron chi connectivity index (χ1n) is 7.14. The fourth-order valence-corrected chi connectivity index (χ4v) is 2.96. The Balaban J connectivity index is 1.61. The Morgan fingerprint density at radius 1 is 1.45 bits per heavy atom. The van der Waals surface area contributed by atoms with Crippen molar-refractivity contribution in [2.75, 3.05) is 13.6 Å². The van der Waals surface area contributed by atoms with Crippen molar-refractivity contribution in [1.82, 2.24) is 24.3 Å². The third-order valence-electron chi connectivity index (χ3n) is 3.67. The molecule has 0 bridgehead atoms. The molecule has 1 aromatic carbocycles. The number of aromatic nitrogens is 2. The highest BCUT2D eigenvalue weighted by Crippen LogP contribution is 2.15. The minimum Gasteiger partial charge on any atom is -0.354 e. The Bertz CT molecular complexity index is 701. The van der Waals surface area contributed by atoms with Crippen LogP contribution >= 0.6 is 11.7 Å². The lowest BCUT2D eigenvalue weighted by Gasteiger charge is -2.26. The molecule has 8 heteroatoms. The molecule has 0 radical (unpaired) electrons. The van der Waals surface area contributed by atoms with Crippen molar-refractivity contribution in [2.24, 2.45) is 0 Å². The van der Waals surface area contributed by atoms with Gasteiger partial charge in [0, 0.05) is 20.1 Å². The van der Waals surface area contributed by atoms with E-state index in [1.807, 2.05) is 18.2 Å². The number of amides is 3. The molecule has 3 rings (SSSR count). The van der Waals surface area contributed by atoms with E-state index in [4.69, 9.17) is 0 Å². The predicted molar refractivity (Wildman–Crippen MR) is 83.4 cm³/mol. The van der Waals surface area contributed by atoms with Gasteiger partial charge in [0.15, 0.2) is 0 Å². The molecule has 22 heavy (non-hydrogen) atoms. The summed E-state index contributed by atoms with van der Waals surface area (Å²) in [5.74, 6) is -0.108. The van der Waals surface area contributed by atoms with Gasteiger partial charge < -0.3 is 15.5 Å². The van der Waals surface area contributed by atoms with E-state index in [1.54, 1.807) is 11.9 Å². The van der Waals surface area contributed by atoms with Gasteiger partial charge in [-0.25, -0.2) is 4.79 Å². The van der Waals surface area contributed by atoms with Gasteiger partial charge in [-0.05, 0) is 30.5 Å². The van der Waals surface area contributed by atoms with Crippen molar-refractivity contribution in [1.29, 1.82) is 0 Å². The van der Waals surface area contributed by atoms with Crippen LogP contribution in [0.1, 0.15) is 18.4 Å². The van der Waals surface area contributed by atoms with E-state index in [2.05, 4.69) is 19.4 Å². The lowest BCUT2D eigenvalue weighted by Crippen LogP contribution is -2.52. The molecule has 0 unspecified atom stereocenters. The summed E-state index contributed by atoms with van der Waals surface area (Å²) in [7, 11) is 1.71. The molecule has 0 aliphatic carbocycles. The largest absolute Gasteiger partial charge is 0.354 e. The third-order valence-corrected chi connectivity index (χ3v) is 4.22. The highest BCUT2D eigenvalue weighted by atomic mass is 32.1. The molecule has 2 N–H and O–H groups in total. The summed E-state index contributed by atoms with van der Waals surface area (Å²) < 4.78 is 8.35. The number of rotatable bonds is 3. The maximum Gasteiger partial charge on any atom is 0.318 e. The van der Waals surface area contributed by atoms with Gasteiger partial charge >= 0.3 is 6.03 Å². The first kappa shape index (κ1) is 14.7. The van der Waals surface area contributed by atoms with Gasteiger partial charge in [0.25, 0.3) is 0 Å². The van der Waals surface area contributed by atoms with Gasteiger partial charge in [-0.15, -0.1) is 0 Å². The second-order valence-electron chi connectivity index (χ2n) is 5.38. The standard InChI is InChI=1S/C14H17N5O2S/c1-19(14(21)16-11-3-2-6-15-13(11)20)8-9-4-5-10-12(7-9)18-22-17-10/h4-5,7,11H,2-3,6,8H2,1H3,(H,15,20)(H,16,21)/t11-/m0/s1. The molecule has 3 amide bonds. The fourth-order valence-electron chi connectivity index (χ4n) is 2.44. The molecule has 1 aliphatic rings. The van der Waals surface area contributed by atoms with Crippen LogP contribution in [0.3, 0.4) is 0 Å². The zero-order valence-corrected chi connectivity index (χ0v) is 13.0. The van der Waals surface area contributed by atoms with Crippen LogP contribution in [0.4, 0.5) is 4.79 Å². The molecule has 116 valence electrons. The second-order valence-corrected chi connectivity index (χ2v) is 5.91. The van der Waals surface area contributed by atoms with Crippen molar-refractivity contribution in [3.05, 3.63) is 23.8 Å². The molecule has 1 saturated heterocycles. The van der Waals surface area contributed by atoms with Gasteiger partial charge in [-0.3, -0.25) is 4.79 Å². The number of nitrogens with zero attached hydrogens (tertiary/aromatic N) is 3. The van der Waals surface area contributed by atoms with E-state index in [0.29, 0.717) is 19.5 Å². The Morgan fingerprint density at radius 3 is 3.09 bits per heavy atom. The molecular weight excluding hydrogens is 302 g/mol. The van der Waals surface area contributed by atoms with Crippen LogP contribution in [0, 0.1) is 0 Å². The van der Waals surface area contributed by atoms with Crippen LogP contribution in [0.25, 0.3) is 11.0 Å². The molecule has 2 aromatic rings. The molecule has 1 aromatic heterocycles. The van der Waals surface area contributed by atoms with Crippen molar-refractivity contribution in [3.8, 4) is 0 Å². The zero-order valence-electron chi connectivity index (χ0n) is 12.2. The first-order chi connectivity index (χ1) is 10.6. The maximum atomic E-state index is 12.2. The highest BCUT2D eigenvalue weighted by Gasteiger charge is 2.24. The molecule has 1 aliphatic heterocycles. The van der Waals surface area contributed by atoms with Crippen LogP contribution < -0.4 is 10.6 Å². The molecule has 1 atom stereocenters. The Labute approximate surface area is 132 Å². The number of piperidine rings is 1. The van der Waals surface area contributed by atoms with Crippen LogP contribution in [-0.2, 0) is 11.3 Å². The predicted octanol–water partition coefficient (Wildman–Crippen LogP) is 1.11. The Hall–Kier alpha value is -2.22. The topological polar surface area (TPSA) is 87.2 Å². The Kier molecular flexibility index (Phi) is 4.19. The van der Waals surface area contributed by atoms with E-state index >= 15 is 0 Å². The summed E-state index contributed by atoms with van der Waals surface area (Å²) in [6.45, 7) is 1.14. The van der Waals surface area contributed by atoms with Crippen LogP contribution in [0.5, 0.6) is 0 Å². The van der Waals surface area contributed by atoms with Crippen molar-refractivity contribution >= 4 is 34.7 Å². The number of nitrogens with one attached hydrogen (secondary N) is 2. The lowest BCUT2D eigenvalue weighted by atomic mass is 10.1. The maximum absolute atomic E-state index is 12.2. The van der Waals surface area contributed by atoms with E-state index in [0.717, 1.165) is 23.0 Å². The first-order valence-corrected chi connectivity index (χ1v) is 7.87. The van der Waals surface area contributed by atoms with Gasteiger partial charge in [-0.1, -0.05) is 6.07 Å². The van der Waals surface area contributed by atoms with E-state index in [1.165, 1.54) is 11.7 Å². The Morgan fingerprint density at radius 2 is 2.27 bits per heavy atom. The third kappa shape index (κ3) is 3.16. The van der Waals surface area contributed by atoms with Crippen molar-refractivity contribution in [3.63, 3.8) is 0 Å². The van der Waals surface area contributed by atoms with Crippen molar-refractivity contribution < 1.29 is 9.59 Å². The summed E-state index contributed by atoms with van der Waals surface area (Å²) in [4.78, 5) is 25.4. The summed E-state index contributed by atoms with van der Waals surface area (Å²) in [5.41, 5.74) is 2.67. The normalized spacial score (nSPS) is 18.0. The van der Waals surface area contributed by atoms with Crippen LogP contribution in [0.15, 0.2) is 18.2 Å². The number of carbonyl (C=O) groups excluding carboxylic acids is 2. The van der Waals surface area contributed by atoms with E-state index in [9.17, 15) is 9.59 Å². The van der Waals surface area contributed by atoms with E-state index < -0.39 is 6.04 Å². The smallest absolute Gasteiger partial charge is 0.318 e. The highest BCUT2D eigenvalue weighted by molar-refractivity contribution is 7.00. The molecular formula is C14H17N5O2S. The lowest BCUT2D eigenvalue weighted by molar-refractivity contribution is -0.124. The monoisotopic (exact) mass is 319 g/mol. The zero-order chi connectivity index (χ0) is 15.5. The molecule has 7 nitrogen and oxygen atoms in total. The number of urea groups is 1. The fraction of sp³-hybridized carbons (Fsp3) is 0.429. The van der Waals surface area contributed by atoms with Crippen LogP contribution in [-0.4, -0.2) is 45.2 Å². The number of hydrogen-bond donors (Lipinski definition) is 2. The minimum absolute atomic E-state index is 0.108. The van der Waals surface area contributed by atoms with Crippen molar-refractivity contribution in [2.45, 2.75) is 25.4 Å². The van der Waals surface area contributed by atoms with E-state index in [-0.39, 0.29) is 11.9 Å². The summed E-state index contributed by atoms with van der Waals surface area (Å²) in [6.07, 6.45) is 1.57. The number of fused-ring (bicyclic) bond motifs is 1. The second kappa shape index (κ2) is 6.27. The molecule has 0 saturated carbocycles. The number of carbonyl (C=O) groups is 2. The molecule has 0 spiro atoms. The average Bonchev–Trinajstić information content (AvgIpc) is 2.97. The van der Waals surface area contributed by atoms with Gasteiger partial charge in [-0.2, -0.15) is 8.75 Å². The SMILES string of the molecule is CN(Cc1ccc2nsnc2c1)C(=O)N[C@H]1CCCNC1=O. The molecule has 1 fully saturated rings. The van der Waals surface area contributed by atoms with Gasteiger partial charge in [0.1, 0.15) is 17.1 Å². The quantitative estimate of drug-likeness (QED) is 0.887. The van der Waals surface area contributed by atoms with Crippen LogP contribution in [0.2, 0.25) is 0 Å². The van der Waals surface area contributed by atoms with Gasteiger partial charge in [0.2, 0.25) is 5.91 Å². The summed E-state index contributed by atoms with van der Waals surface area (Å²) in [5, 5.41) is 5.53. The summed E-state index contributed by atoms with van der Waals surface area (Å²) in [6, 6.07) is 5.07. The van der Waals surface area contributed by atoms with Gasteiger partial charge in [0.05, 0.1) is 11.7 Å². The molecule has 2 heterocycles. The number of benzene rings is 1. The minimum atomic E-state index is -0.436. The number of hydrogen-bond acceptors (Lipinski definition) is 5.